The number of carbonyl (C=O) groups excluding carboxylic acids is 3. The molecule has 2 aromatic carbocycles. The number of amides is 3. The lowest BCUT2D eigenvalue weighted by Gasteiger charge is -2.09. The summed E-state index contributed by atoms with van der Waals surface area (Å²) in [6.45, 7) is 0. The molecule has 3 amide bonds. The second-order valence-electron chi connectivity index (χ2n) is 6.22. The van der Waals surface area contributed by atoms with E-state index in [0.717, 1.165) is 0 Å². The van der Waals surface area contributed by atoms with Crippen molar-refractivity contribution in [1.29, 1.82) is 0 Å². The van der Waals surface area contributed by atoms with Crippen LogP contribution in [-0.2, 0) is 16.0 Å². The zero-order valence-electron chi connectivity index (χ0n) is 16.8. The van der Waals surface area contributed by atoms with Crippen LogP contribution in [0.15, 0.2) is 53.9 Å². The van der Waals surface area contributed by atoms with Crippen LogP contribution in [0.1, 0.15) is 16.1 Å². The minimum atomic E-state index is -0.472. The zero-order chi connectivity index (χ0) is 22.2. The molecule has 3 rings (SSSR count). The third-order valence-corrected chi connectivity index (χ3v) is 4.87. The van der Waals surface area contributed by atoms with E-state index in [0.29, 0.717) is 33.5 Å². The molecule has 1 aromatic heterocycles. The average molecular weight is 440 g/mol. The van der Waals surface area contributed by atoms with Gasteiger partial charge in [0.1, 0.15) is 5.75 Å². The van der Waals surface area contributed by atoms with E-state index < -0.39 is 12.0 Å². The van der Waals surface area contributed by atoms with Gasteiger partial charge in [0.05, 0.1) is 37.6 Å². The number of carbonyl (C=O) groups is 3. The first-order chi connectivity index (χ1) is 15.0. The lowest BCUT2D eigenvalue weighted by atomic mass is 10.2. The van der Waals surface area contributed by atoms with E-state index in [1.807, 2.05) is 0 Å². The van der Waals surface area contributed by atoms with Gasteiger partial charge in [-0.05, 0) is 36.4 Å². The van der Waals surface area contributed by atoms with Crippen LogP contribution in [0.2, 0.25) is 0 Å². The molecule has 160 valence electrons. The van der Waals surface area contributed by atoms with Crippen LogP contribution in [0.25, 0.3) is 0 Å². The van der Waals surface area contributed by atoms with Gasteiger partial charge < -0.3 is 20.1 Å². The van der Waals surface area contributed by atoms with Gasteiger partial charge in [-0.3, -0.25) is 10.1 Å². The lowest BCUT2D eigenvalue weighted by Crippen LogP contribution is -2.20. The number of hydrogen-bond acceptors (Lipinski definition) is 7. The van der Waals surface area contributed by atoms with E-state index >= 15 is 0 Å². The summed E-state index contributed by atoms with van der Waals surface area (Å²) >= 11 is 1.21. The van der Waals surface area contributed by atoms with Gasteiger partial charge in [0.25, 0.3) is 0 Å². The second kappa shape index (κ2) is 10.2. The number of thiazole rings is 1. The lowest BCUT2D eigenvalue weighted by molar-refractivity contribution is -0.115. The van der Waals surface area contributed by atoms with Crippen LogP contribution in [0.4, 0.5) is 21.3 Å². The van der Waals surface area contributed by atoms with Gasteiger partial charge in [0.2, 0.25) is 5.91 Å². The maximum Gasteiger partial charge on any atom is 0.337 e. The predicted octanol–water partition coefficient (Wildman–Crippen LogP) is 3.76. The van der Waals surface area contributed by atoms with Gasteiger partial charge in [-0.15, -0.1) is 11.3 Å². The Morgan fingerprint density at radius 3 is 2.42 bits per heavy atom. The summed E-state index contributed by atoms with van der Waals surface area (Å²) in [6, 6.07) is 12.9. The summed E-state index contributed by atoms with van der Waals surface area (Å²) in [5.41, 5.74) is 1.97. The number of hydrogen-bond donors (Lipinski definition) is 3. The number of esters is 1. The summed E-state index contributed by atoms with van der Waals surface area (Å²) in [5, 5.41) is 10.1. The topological polar surface area (TPSA) is 119 Å². The normalized spacial score (nSPS) is 10.1. The van der Waals surface area contributed by atoms with Gasteiger partial charge in [-0.25, -0.2) is 14.6 Å². The molecule has 0 aliphatic rings. The van der Waals surface area contributed by atoms with Crippen LogP contribution in [0.3, 0.4) is 0 Å². The van der Waals surface area contributed by atoms with E-state index in [1.54, 1.807) is 53.9 Å². The van der Waals surface area contributed by atoms with Crippen molar-refractivity contribution in [1.82, 2.24) is 4.98 Å². The zero-order valence-corrected chi connectivity index (χ0v) is 17.6. The Morgan fingerprint density at radius 1 is 0.968 bits per heavy atom. The molecule has 9 nitrogen and oxygen atoms in total. The SMILES string of the molecule is COC(=O)c1ccc(NC(=O)Cc2csc(NC(=O)Nc3ccccc3OC)n2)cc1. The Kier molecular flexibility index (Phi) is 7.17. The molecule has 0 fully saturated rings. The highest BCUT2D eigenvalue weighted by Crippen LogP contribution is 2.23. The Bertz CT molecular complexity index is 1080. The Morgan fingerprint density at radius 2 is 1.71 bits per heavy atom. The first-order valence-electron chi connectivity index (χ1n) is 9.12. The molecule has 0 saturated heterocycles. The molecule has 3 N–H and O–H groups in total. The fourth-order valence-corrected chi connectivity index (χ4v) is 3.33. The van der Waals surface area contributed by atoms with Gasteiger partial charge in [0.15, 0.2) is 5.13 Å². The van der Waals surface area contributed by atoms with Crippen molar-refractivity contribution in [3.8, 4) is 5.75 Å². The number of nitrogens with one attached hydrogen (secondary N) is 3. The Balaban J connectivity index is 1.52. The molecule has 1 heterocycles. The molecule has 0 spiro atoms. The average Bonchev–Trinajstić information content (AvgIpc) is 3.20. The molecule has 0 aliphatic carbocycles. The minimum Gasteiger partial charge on any atom is -0.495 e. The molecule has 31 heavy (non-hydrogen) atoms. The highest BCUT2D eigenvalue weighted by molar-refractivity contribution is 7.14. The fourth-order valence-electron chi connectivity index (χ4n) is 2.62. The molecule has 0 saturated carbocycles. The Hall–Kier alpha value is -3.92. The molecular formula is C21H20N4O5S. The van der Waals surface area contributed by atoms with Crippen LogP contribution < -0.4 is 20.7 Å². The van der Waals surface area contributed by atoms with Gasteiger partial charge in [0, 0.05) is 11.1 Å². The molecule has 0 aliphatic heterocycles. The number of ether oxygens (including phenoxy) is 2. The molecule has 10 heteroatoms. The third-order valence-electron chi connectivity index (χ3n) is 4.06. The van der Waals surface area contributed by atoms with E-state index in [-0.39, 0.29) is 12.3 Å². The smallest absolute Gasteiger partial charge is 0.337 e. The van der Waals surface area contributed by atoms with Gasteiger partial charge in [-0.2, -0.15) is 0 Å². The minimum absolute atomic E-state index is 0.0328. The van der Waals surface area contributed by atoms with E-state index in [4.69, 9.17) is 4.74 Å². The van der Waals surface area contributed by atoms with Crippen molar-refractivity contribution in [3.63, 3.8) is 0 Å². The molecule has 3 aromatic rings. The number of para-hydroxylation sites is 2. The van der Waals surface area contributed by atoms with Crippen molar-refractivity contribution in [2.45, 2.75) is 6.42 Å². The quantitative estimate of drug-likeness (QED) is 0.482. The van der Waals surface area contributed by atoms with Crippen molar-refractivity contribution < 1.29 is 23.9 Å². The standard InChI is InChI=1S/C21H20N4O5S/c1-29-17-6-4-3-5-16(17)24-20(28)25-21-23-15(12-31-21)11-18(26)22-14-9-7-13(8-10-14)19(27)30-2/h3-10,12H,11H2,1-2H3,(H,22,26)(H2,23,24,25,28). The summed E-state index contributed by atoms with van der Waals surface area (Å²) < 4.78 is 9.83. The maximum absolute atomic E-state index is 12.2. The number of nitrogens with zero attached hydrogens (tertiary/aromatic N) is 1. The van der Waals surface area contributed by atoms with Gasteiger partial charge >= 0.3 is 12.0 Å². The number of urea groups is 1. The van der Waals surface area contributed by atoms with Crippen LogP contribution >= 0.6 is 11.3 Å². The van der Waals surface area contributed by atoms with Crippen LogP contribution in [0.5, 0.6) is 5.75 Å². The number of aromatic nitrogens is 1. The fraction of sp³-hybridized carbons (Fsp3) is 0.143. The number of rotatable bonds is 7. The van der Waals surface area contributed by atoms with Crippen molar-refractivity contribution in [3.05, 3.63) is 65.2 Å². The first-order valence-corrected chi connectivity index (χ1v) is 10.00. The monoisotopic (exact) mass is 440 g/mol. The number of methoxy groups -OCH3 is 2. The largest absolute Gasteiger partial charge is 0.495 e. The molecule has 0 radical (unpaired) electrons. The van der Waals surface area contributed by atoms with E-state index in [2.05, 4.69) is 25.7 Å². The second-order valence-corrected chi connectivity index (χ2v) is 7.08. The van der Waals surface area contributed by atoms with Gasteiger partial charge in [-0.1, -0.05) is 12.1 Å². The molecular weight excluding hydrogens is 420 g/mol. The van der Waals surface area contributed by atoms with E-state index in [9.17, 15) is 14.4 Å². The van der Waals surface area contributed by atoms with Crippen LogP contribution in [-0.4, -0.2) is 37.1 Å². The molecule has 0 atom stereocenters. The number of anilines is 3. The van der Waals surface area contributed by atoms with Crippen molar-refractivity contribution >= 4 is 45.8 Å². The molecule has 0 bridgehead atoms. The van der Waals surface area contributed by atoms with Crippen molar-refractivity contribution in [2.24, 2.45) is 0 Å². The van der Waals surface area contributed by atoms with E-state index in [1.165, 1.54) is 25.6 Å². The van der Waals surface area contributed by atoms with Crippen molar-refractivity contribution in [2.75, 3.05) is 30.2 Å². The Labute approximate surface area is 182 Å². The summed E-state index contributed by atoms with van der Waals surface area (Å²) in [4.78, 5) is 40.1. The van der Waals surface area contributed by atoms with Crippen LogP contribution in [0, 0.1) is 0 Å². The number of benzene rings is 2. The highest BCUT2D eigenvalue weighted by Gasteiger charge is 2.12. The summed E-state index contributed by atoms with van der Waals surface area (Å²) in [6.07, 6.45) is 0.0328. The maximum atomic E-state index is 12.2. The molecule has 0 unspecified atom stereocenters. The third kappa shape index (κ3) is 6.03. The first kappa shape index (κ1) is 21.8. The summed E-state index contributed by atoms with van der Waals surface area (Å²) in [5.74, 6) is -0.190. The highest BCUT2D eigenvalue weighted by atomic mass is 32.1. The predicted molar refractivity (Wildman–Crippen MR) is 118 cm³/mol. The summed E-state index contributed by atoms with van der Waals surface area (Å²) in [7, 11) is 2.82.